The van der Waals surface area contributed by atoms with Gasteiger partial charge in [-0.15, -0.1) is 11.8 Å². The van der Waals surface area contributed by atoms with Gasteiger partial charge in [0.25, 0.3) is 15.9 Å². The summed E-state index contributed by atoms with van der Waals surface area (Å²) in [6, 6.07) is 9.74. The molecule has 1 fully saturated rings. The van der Waals surface area contributed by atoms with E-state index in [9.17, 15) is 18.0 Å². The molecule has 170 valence electrons. The molecule has 0 atom stereocenters. The molecule has 1 aliphatic heterocycles. The Bertz CT molecular complexity index is 1320. The van der Waals surface area contributed by atoms with Gasteiger partial charge in [0.15, 0.2) is 0 Å². The number of aromatic nitrogens is 1. The fourth-order valence-electron chi connectivity index (χ4n) is 3.93. The molecule has 1 amide bonds. The summed E-state index contributed by atoms with van der Waals surface area (Å²) in [5, 5.41) is 0. The van der Waals surface area contributed by atoms with E-state index in [1.165, 1.54) is 23.9 Å². The maximum atomic E-state index is 13.1. The summed E-state index contributed by atoms with van der Waals surface area (Å²) in [4.78, 5) is 27.7. The number of nitrogens with zero attached hydrogens (tertiary/aromatic N) is 2. The number of rotatable bonds is 6. The second-order valence-corrected chi connectivity index (χ2v) is 11.1. The Balaban J connectivity index is 1.65. The zero-order chi connectivity index (χ0) is 22.9. The van der Waals surface area contributed by atoms with Crippen molar-refractivity contribution >= 4 is 54.9 Å². The molecule has 1 N–H and O–H groups in total. The normalized spacial score (nSPS) is 14.6. The lowest BCUT2D eigenvalue weighted by Crippen LogP contribution is -2.36. The number of fused-ring (bicyclic) bond motifs is 1. The van der Waals surface area contributed by atoms with Crippen molar-refractivity contribution in [1.29, 1.82) is 0 Å². The molecule has 32 heavy (non-hydrogen) atoms. The topological polar surface area (TPSA) is 88.5 Å². The number of carbonyl (C=O) groups excluding carboxylic acids is 1. The van der Waals surface area contributed by atoms with E-state index in [0.717, 1.165) is 45.7 Å². The number of benzene rings is 2. The highest BCUT2D eigenvalue weighted by atomic mass is 32.2. The Labute approximate surface area is 195 Å². The SMILES string of the molecule is CCn1c(=O)sc2cc(NS(=O)(=O)c3ccc(SC)c(C(=O)N4CCCCC4)c3)ccc21. The Kier molecular flexibility index (Phi) is 6.64. The molecule has 0 radical (unpaired) electrons. The lowest BCUT2D eigenvalue weighted by molar-refractivity contribution is 0.0720. The minimum absolute atomic E-state index is 0.0371. The molecule has 0 spiro atoms. The van der Waals surface area contributed by atoms with Crippen LogP contribution in [0.4, 0.5) is 5.69 Å². The fourth-order valence-corrected chi connectivity index (χ4v) is 6.57. The third kappa shape index (κ3) is 4.44. The van der Waals surface area contributed by atoms with Crippen molar-refractivity contribution < 1.29 is 13.2 Å². The largest absolute Gasteiger partial charge is 0.339 e. The molecular formula is C22H25N3O4S3. The van der Waals surface area contributed by atoms with Gasteiger partial charge in [0.2, 0.25) is 0 Å². The van der Waals surface area contributed by atoms with E-state index < -0.39 is 10.0 Å². The molecule has 0 unspecified atom stereocenters. The minimum atomic E-state index is -3.91. The first-order valence-electron chi connectivity index (χ1n) is 10.5. The van der Waals surface area contributed by atoms with Crippen LogP contribution in [-0.4, -0.2) is 43.1 Å². The highest BCUT2D eigenvalue weighted by molar-refractivity contribution is 7.98. The molecular weight excluding hydrogens is 466 g/mol. The van der Waals surface area contributed by atoms with Crippen LogP contribution in [0.25, 0.3) is 10.2 Å². The van der Waals surface area contributed by atoms with Crippen molar-refractivity contribution in [2.75, 3.05) is 24.1 Å². The lowest BCUT2D eigenvalue weighted by Gasteiger charge is -2.27. The van der Waals surface area contributed by atoms with Gasteiger partial charge in [-0.05, 0) is 68.8 Å². The van der Waals surface area contributed by atoms with Gasteiger partial charge < -0.3 is 4.90 Å². The Hall–Kier alpha value is -2.30. The van der Waals surface area contributed by atoms with E-state index in [4.69, 9.17) is 0 Å². The number of anilines is 1. The number of amides is 1. The number of nitrogens with one attached hydrogen (secondary N) is 1. The predicted octanol–water partition coefficient (Wildman–Crippen LogP) is 4.23. The first-order valence-corrected chi connectivity index (χ1v) is 14.0. The number of hydrogen-bond donors (Lipinski definition) is 1. The van der Waals surface area contributed by atoms with Gasteiger partial charge in [-0.25, -0.2) is 8.42 Å². The van der Waals surface area contributed by atoms with Gasteiger partial charge in [0, 0.05) is 24.5 Å². The highest BCUT2D eigenvalue weighted by Gasteiger charge is 2.24. The summed E-state index contributed by atoms with van der Waals surface area (Å²) in [6.45, 7) is 3.84. The minimum Gasteiger partial charge on any atom is -0.339 e. The van der Waals surface area contributed by atoms with Crippen molar-refractivity contribution in [1.82, 2.24) is 9.47 Å². The summed E-state index contributed by atoms with van der Waals surface area (Å²) in [7, 11) is -3.91. The average molecular weight is 492 g/mol. The smallest absolute Gasteiger partial charge is 0.308 e. The zero-order valence-corrected chi connectivity index (χ0v) is 20.4. The monoisotopic (exact) mass is 491 g/mol. The molecule has 4 rings (SSSR count). The van der Waals surface area contributed by atoms with Crippen LogP contribution in [-0.2, 0) is 16.6 Å². The summed E-state index contributed by atoms with van der Waals surface area (Å²) < 4.78 is 31.2. The van der Waals surface area contributed by atoms with Crippen LogP contribution in [0, 0.1) is 0 Å². The number of thioether (sulfide) groups is 1. The number of thiazole rings is 1. The van der Waals surface area contributed by atoms with Gasteiger partial charge in [-0.2, -0.15) is 0 Å². The number of piperidine rings is 1. The van der Waals surface area contributed by atoms with Crippen LogP contribution in [0.2, 0.25) is 0 Å². The summed E-state index contributed by atoms with van der Waals surface area (Å²) in [6.07, 6.45) is 4.92. The molecule has 0 bridgehead atoms. The van der Waals surface area contributed by atoms with Gasteiger partial charge in [0.05, 0.1) is 26.4 Å². The maximum Gasteiger partial charge on any atom is 0.308 e. The van der Waals surface area contributed by atoms with Crippen molar-refractivity contribution in [3.05, 3.63) is 51.6 Å². The lowest BCUT2D eigenvalue weighted by atomic mass is 10.1. The molecule has 10 heteroatoms. The second-order valence-electron chi connectivity index (χ2n) is 7.62. The summed E-state index contributed by atoms with van der Waals surface area (Å²) in [5.41, 5.74) is 1.57. The van der Waals surface area contributed by atoms with Crippen molar-refractivity contribution in [2.45, 2.75) is 42.5 Å². The van der Waals surface area contributed by atoms with Crippen LogP contribution < -0.4 is 9.60 Å². The maximum absolute atomic E-state index is 13.1. The number of aryl methyl sites for hydroxylation is 1. The van der Waals surface area contributed by atoms with Crippen molar-refractivity contribution in [3.8, 4) is 0 Å². The molecule has 1 aliphatic rings. The van der Waals surface area contributed by atoms with Crippen molar-refractivity contribution in [3.63, 3.8) is 0 Å². The molecule has 2 heterocycles. The molecule has 2 aromatic carbocycles. The van der Waals surface area contributed by atoms with Crippen LogP contribution in [0.15, 0.2) is 51.0 Å². The first-order chi connectivity index (χ1) is 15.3. The third-order valence-corrected chi connectivity index (χ3v) is 8.71. The molecule has 1 saturated heterocycles. The quantitative estimate of drug-likeness (QED) is 0.521. The van der Waals surface area contributed by atoms with Crippen LogP contribution >= 0.6 is 23.1 Å². The second kappa shape index (κ2) is 9.29. The number of hydrogen-bond acceptors (Lipinski definition) is 6. The van der Waals surface area contributed by atoms with Gasteiger partial charge in [0.1, 0.15) is 0 Å². The standard InChI is InChI=1S/C22H25N3O4S3/c1-3-25-18-9-7-15(13-20(18)31-22(25)27)23-32(28,29)16-8-10-19(30-2)17(14-16)21(26)24-11-5-4-6-12-24/h7-10,13-14,23H,3-6,11-12H2,1-2H3. The number of carbonyl (C=O) groups is 1. The Morgan fingerprint density at radius 2 is 1.88 bits per heavy atom. The zero-order valence-electron chi connectivity index (χ0n) is 18.0. The summed E-state index contributed by atoms with van der Waals surface area (Å²) in [5.74, 6) is -0.127. The number of sulfonamides is 1. The summed E-state index contributed by atoms with van der Waals surface area (Å²) >= 11 is 2.51. The Morgan fingerprint density at radius 3 is 2.56 bits per heavy atom. The van der Waals surface area contributed by atoms with Crippen LogP contribution in [0.1, 0.15) is 36.5 Å². The van der Waals surface area contributed by atoms with Gasteiger partial charge in [-0.3, -0.25) is 18.9 Å². The average Bonchev–Trinajstić information content (AvgIpc) is 3.12. The fraction of sp³-hybridized carbons (Fsp3) is 0.364. The van der Waals surface area contributed by atoms with Crippen LogP contribution in [0.3, 0.4) is 0 Å². The molecule has 0 aliphatic carbocycles. The van der Waals surface area contributed by atoms with E-state index in [1.54, 1.807) is 33.7 Å². The predicted molar refractivity (Wildman–Crippen MR) is 131 cm³/mol. The molecule has 7 nitrogen and oxygen atoms in total. The third-order valence-electron chi connectivity index (χ3n) is 5.59. The first kappa shape index (κ1) is 22.9. The number of likely N-dealkylation sites (tertiary alicyclic amines) is 1. The Morgan fingerprint density at radius 1 is 1.12 bits per heavy atom. The van der Waals surface area contributed by atoms with Gasteiger partial charge in [-0.1, -0.05) is 11.3 Å². The van der Waals surface area contributed by atoms with Crippen LogP contribution in [0.5, 0.6) is 0 Å². The van der Waals surface area contributed by atoms with E-state index in [0.29, 0.717) is 30.9 Å². The molecule has 1 aromatic heterocycles. The molecule has 3 aromatic rings. The highest BCUT2D eigenvalue weighted by Crippen LogP contribution is 2.28. The van der Waals surface area contributed by atoms with E-state index in [-0.39, 0.29) is 15.7 Å². The van der Waals surface area contributed by atoms with Crippen molar-refractivity contribution in [2.24, 2.45) is 0 Å². The molecule has 0 saturated carbocycles. The van der Waals surface area contributed by atoms with E-state index in [2.05, 4.69) is 4.72 Å². The van der Waals surface area contributed by atoms with Gasteiger partial charge >= 0.3 is 4.87 Å². The van der Waals surface area contributed by atoms with E-state index in [1.807, 2.05) is 13.2 Å². The van der Waals surface area contributed by atoms with E-state index >= 15 is 0 Å².